The molecule has 4 heterocycles. The van der Waals surface area contributed by atoms with Crippen molar-refractivity contribution in [1.82, 2.24) is 4.57 Å². The van der Waals surface area contributed by atoms with Gasteiger partial charge in [0.05, 0.1) is 24.3 Å². The van der Waals surface area contributed by atoms with Gasteiger partial charge in [-0.05, 0) is 36.8 Å². The highest BCUT2D eigenvalue weighted by Gasteiger charge is 2.36. The molecule has 2 aromatic heterocycles. The molecule has 0 bridgehead atoms. The second-order valence-electron chi connectivity index (χ2n) is 7.08. The Labute approximate surface area is 171 Å². The third-order valence-electron chi connectivity index (χ3n) is 5.30. The minimum absolute atomic E-state index is 0.0290. The first-order chi connectivity index (χ1) is 14.6. The van der Waals surface area contributed by atoms with Crippen LogP contribution in [0.25, 0.3) is 0 Å². The van der Waals surface area contributed by atoms with Gasteiger partial charge >= 0.3 is 0 Å². The second kappa shape index (κ2) is 6.74. The fourth-order valence-electron chi connectivity index (χ4n) is 3.84. The predicted molar refractivity (Wildman–Crippen MR) is 105 cm³/mol. The molecule has 8 nitrogen and oxygen atoms in total. The van der Waals surface area contributed by atoms with E-state index in [9.17, 15) is 10.1 Å². The number of pyridine rings is 1. The Balaban J connectivity index is 1.64. The minimum atomic E-state index is -0.732. The van der Waals surface area contributed by atoms with Crippen LogP contribution in [0.4, 0.5) is 0 Å². The normalized spacial score (nSPS) is 16.7. The van der Waals surface area contributed by atoms with E-state index in [1.165, 1.54) is 6.26 Å². The van der Waals surface area contributed by atoms with Crippen molar-refractivity contribution in [3.8, 4) is 23.3 Å². The Bertz CT molecular complexity index is 1280. The number of allylic oxidation sites excluding steroid dienone is 1. The molecule has 0 radical (unpaired) electrons. The smallest absolute Gasteiger partial charge is 0.259 e. The SMILES string of the molecule is Cc1cc2c(c(=O)n1Cc1ccc3c(c1)OCO3)[C@@H](c1ccco1)C(C#N)=C(N)O2. The maximum absolute atomic E-state index is 13.6. The van der Waals surface area contributed by atoms with Crippen molar-refractivity contribution in [1.29, 1.82) is 5.26 Å². The fourth-order valence-corrected chi connectivity index (χ4v) is 3.84. The second-order valence-corrected chi connectivity index (χ2v) is 7.08. The van der Waals surface area contributed by atoms with Gasteiger partial charge in [-0.2, -0.15) is 5.26 Å². The minimum Gasteiger partial charge on any atom is -0.468 e. The van der Waals surface area contributed by atoms with E-state index in [1.807, 2.05) is 25.1 Å². The van der Waals surface area contributed by atoms with E-state index in [-0.39, 0.29) is 23.8 Å². The van der Waals surface area contributed by atoms with E-state index >= 15 is 0 Å². The standard InChI is InChI=1S/C22H17N3O5/c1-12-7-18-20(19(16-3-2-6-27-16)14(9-23)21(24)30-18)22(26)25(12)10-13-4-5-15-17(8-13)29-11-28-15/h2-8,19H,10-11,24H2,1H3/t19-/m1/s1. The van der Waals surface area contributed by atoms with E-state index in [0.29, 0.717) is 40.8 Å². The highest BCUT2D eigenvalue weighted by molar-refractivity contribution is 5.53. The Morgan fingerprint density at radius 2 is 2.03 bits per heavy atom. The summed E-state index contributed by atoms with van der Waals surface area (Å²) >= 11 is 0. The zero-order chi connectivity index (χ0) is 20.8. The van der Waals surface area contributed by atoms with Crippen molar-refractivity contribution in [2.24, 2.45) is 5.73 Å². The van der Waals surface area contributed by atoms with Gasteiger partial charge < -0.3 is 28.9 Å². The Morgan fingerprint density at radius 3 is 2.80 bits per heavy atom. The molecule has 5 rings (SSSR count). The number of hydrogen-bond acceptors (Lipinski definition) is 7. The fraction of sp³-hybridized carbons (Fsp3) is 0.182. The molecule has 0 spiro atoms. The van der Waals surface area contributed by atoms with Gasteiger partial charge in [-0.25, -0.2) is 0 Å². The first kappa shape index (κ1) is 17.9. The maximum Gasteiger partial charge on any atom is 0.259 e. The first-order valence-electron chi connectivity index (χ1n) is 9.30. The molecule has 8 heteroatoms. The highest BCUT2D eigenvalue weighted by Crippen LogP contribution is 2.40. The number of ether oxygens (including phenoxy) is 3. The number of aryl methyl sites for hydroxylation is 1. The first-order valence-corrected chi connectivity index (χ1v) is 9.30. The molecule has 0 fully saturated rings. The van der Waals surface area contributed by atoms with Crippen molar-refractivity contribution in [3.63, 3.8) is 0 Å². The number of furan rings is 1. The van der Waals surface area contributed by atoms with Crippen molar-refractivity contribution in [3.05, 3.63) is 87.1 Å². The molecular formula is C22H17N3O5. The molecular weight excluding hydrogens is 386 g/mol. The van der Waals surface area contributed by atoms with Crippen molar-refractivity contribution in [2.75, 3.05) is 6.79 Å². The molecule has 1 aromatic carbocycles. The molecule has 1 atom stereocenters. The van der Waals surface area contributed by atoms with E-state index in [0.717, 1.165) is 5.56 Å². The number of nitriles is 1. The largest absolute Gasteiger partial charge is 0.468 e. The Hall–Kier alpha value is -4.12. The lowest BCUT2D eigenvalue weighted by Gasteiger charge is -2.26. The van der Waals surface area contributed by atoms with Crippen LogP contribution >= 0.6 is 0 Å². The van der Waals surface area contributed by atoms with Crippen LogP contribution in [-0.2, 0) is 6.54 Å². The van der Waals surface area contributed by atoms with Crippen LogP contribution in [0.3, 0.4) is 0 Å². The summed E-state index contributed by atoms with van der Waals surface area (Å²) in [4.78, 5) is 13.6. The van der Waals surface area contributed by atoms with Gasteiger partial charge in [-0.3, -0.25) is 4.79 Å². The zero-order valence-corrected chi connectivity index (χ0v) is 16.0. The quantitative estimate of drug-likeness (QED) is 0.715. The monoisotopic (exact) mass is 403 g/mol. The van der Waals surface area contributed by atoms with Crippen LogP contribution in [-0.4, -0.2) is 11.4 Å². The molecule has 0 unspecified atom stereocenters. The third-order valence-corrected chi connectivity index (χ3v) is 5.30. The van der Waals surface area contributed by atoms with Crippen LogP contribution in [0.15, 0.2) is 63.3 Å². The Morgan fingerprint density at radius 1 is 1.20 bits per heavy atom. The molecule has 2 aliphatic heterocycles. The number of nitrogens with zero attached hydrogens (tertiary/aromatic N) is 2. The van der Waals surface area contributed by atoms with E-state index in [2.05, 4.69) is 6.07 Å². The third kappa shape index (κ3) is 2.71. The lowest BCUT2D eigenvalue weighted by Crippen LogP contribution is -2.32. The van der Waals surface area contributed by atoms with Crippen LogP contribution in [0.5, 0.6) is 17.2 Å². The van der Waals surface area contributed by atoms with Gasteiger partial charge in [0.2, 0.25) is 12.7 Å². The van der Waals surface area contributed by atoms with Crippen LogP contribution in [0.1, 0.15) is 28.5 Å². The lowest BCUT2D eigenvalue weighted by molar-refractivity contribution is 0.174. The number of aromatic nitrogens is 1. The summed E-state index contributed by atoms with van der Waals surface area (Å²) in [6.45, 7) is 2.32. The zero-order valence-electron chi connectivity index (χ0n) is 16.0. The number of benzene rings is 1. The molecule has 150 valence electrons. The topological polar surface area (TPSA) is 113 Å². The molecule has 3 aromatic rings. The number of hydrogen-bond donors (Lipinski definition) is 1. The molecule has 0 saturated heterocycles. The summed E-state index contributed by atoms with van der Waals surface area (Å²) < 4.78 is 23.6. The van der Waals surface area contributed by atoms with Crippen LogP contribution in [0, 0.1) is 18.3 Å². The van der Waals surface area contributed by atoms with Gasteiger partial charge in [0.1, 0.15) is 23.2 Å². The maximum atomic E-state index is 13.6. The van der Waals surface area contributed by atoms with Gasteiger partial charge in [-0.15, -0.1) is 0 Å². The van der Waals surface area contributed by atoms with Gasteiger partial charge in [0.25, 0.3) is 5.56 Å². The highest BCUT2D eigenvalue weighted by atomic mass is 16.7. The van der Waals surface area contributed by atoms with Crippen molar-refractivity contribution >= 4 is 0 Å². The van der Waals surface area contributed by atoms with Gasteiger partial charge in [-0.1, -0.05) is 6.07 Å². The average Bonchev–Trinajstić information content (AvgIpc) is 3.41. The molecule has 30 heavy (non-hydrogen) atoms. The van der Waals surface area contributed by atoms with Gasteiger partial charge in [0.15, 0.2) is 11.5 Å². The number of rotatable bonds is 3. The number of fused-ring (bicyclic) bond motifs is 2. The van der Waals surface area contributed by atoms with E-state index in [4.69, 9.17) is 24.4 Å². The van der Waals surface area contributed by atoms with E-state index in [1.54, 1.807) is 22.8 Å². The summed E-state index contributed by atoms with van der Waals surface area (Å²) in [5, 5.41) is 9.65. The van der Waals surface area contributed by atoms with Crippen molar-refractivity contribution < 1.29 is 18.6 Å². The molecule has 0 amide bonds. The molecule has 2 N–H and O–H groups in total. The Kier molecular flexibility index (Phi) is 4.03. The number of nitrogens with two attached hydrogens (primary N) is 1. The summed E-state index contributed by atoms with van der Waals surface area (Å²) in [6, 6.07) is 12.8. The van der Waals surface area contributed by atoms with Gasteiger partial charge in [0, 0.05) is 11.8 Å². The molecule has 0 aliphatic carbocycles. The van der Waals surface area contributed by atoms with Crippen LogP contribution < -0.4 is 25.5 Å². The summed E-state index contributed by atoms with van der Waals surface area (Å²) in [7, 11) is 0. The lowest BCUT2D eigenvalue weighted by atomic mass is 9.88. The van der Waals surface area contributed by atoms with E-state index < -0.39 is 5.92 Å². The molecule has 2 aliphatic rings. The molecule has 0 saturated carbocycles. The summed E-state index contributed by atoms with van der Waals surface area (Å²) in [5.74, 6) is 1.35. The summed E-state index contributed by atoms with van der Waals surface area (Å²) in [6.07, 6.45) is 1.50. The van der Waals surface area contributed by atoms with Crippen LogP contribution in [0.2, 0.25) is 0 Å². The predicted octanol–water partition coefficient (Wildman–Crippen LogP) is 2.74. The average molecular weight is 403 g/mol. The van der Waals surface area contributed by atoms with Crippen molar-refractivity contribution in [2.45, 2.75) is 19.4 Å². The summed E-state index contributed by atoms with van der Waals surface area (Å²) in [5.41, 5.74) is 7.75.